The number of nitrogen functional groups attached to an aromatic ring is 1. The first-order valence-electron chi connectivity index (χ1n) is 5.65. The molecule has 5 nitrogen and oxygen atoms in total. The van der Waals surface area contributed by atoms with Crippen LogP contribution in [-0.2, 0) is 11.3 Å². The Morgan fingerprint density at radius 1 is 1.32 bits per heavy atom. The van der Waals surface area contributed by atoms with Crippen molar-refractivity contribution < 1.29 is 13.9 Å². The van der Waals surface area contributed by atoms with E-state index in [9.17, 15) is 4.39 Å². The van der Waals surface area contributed by atoms with E-state index in [-0.39, 0.29) is 24.1 Å². The van der Waals surface area contributed by atoms with E-state index in [1.165, 1.54) is 19.2 Å². The number of aromatic nitrogens is 2. The number of rotatable bonds is 4. The molecule has 2 rings (SSSR count). The van der Waals surface area contributed by atoms with Crippen LogP contribution in [0.1, 0.15) is 11.4 Å². The highest BCUT2D eigenvalue weighted by Crippen LogP contribution is 2.25. The minimum absolute atomic E-state index is 0.0986. The van der Waals surface area contributed by atoms with Gasteiger partial charge >= 0.3 is 0 Å². The Kier molecular flexibility index (Phi) is 3.91. The molecule has 0 spiro atoms. The van der Waals surface area contributed by atoms with Crippen LogP contribution in [0, 0.1) is 12.7 Å². The Hall–Kier alpha value is -2.21. The van der Waals surface area contributed by atoms with Crippen LogP contribution < -0.4 is 10.5 Å². The van der Waals surface area contributed by atoms with Gasteiger partial charge in [-0.2, -0.15) is 4.98 Å². The lowest BCUT2D eigenvalue weighted by molar-refractivity contribution is 0.177. The van der Waals surface area contributed by atoms with Gasteiger partial charge in [0.15, 0.2) is 17.4 Å². The van der Waals surface area contributed by atoms with Crippen molar-refractivity contribution in [2.24, 2.45) is 0 Å². The van der Waals surface area contributed by atoms with E-state index < -0.39 is 5.82 Å². The fourth-order valence-corrected chi connectivity index (χ4v) is 1.55. The quantitative estimate of drug-likeness (QED) is 0.917. The van der Waals surface area contributed by atoms with Crippen LogP contribution in [0.2, 0.25) is 0 Å². The van der Waals surface area contributed by atoms with Gasteiger partial charge in [-0.3, -0.25) is 0 Å². The molecule has 0 aliphatic carbocycles. The lowest BCUT2D eigenvalue weighted by Crippen LogP contribution is -2.03. The fraction of sp³-hybridized carbons (Fsp3) is 0.231. The van der Waals surface area contributed by atoms with E-state index in [0.717, 1.165) is 0 Å². The van der Waals surface area contributed by atoms with Gasteiger partial charge in [0.1, 0.15) is 12.4 Å². The van der Waals surface area contributed by atoms with E-state index in [0.29, 0.717) is 11.4 Å². The van der Waals surface area contributed by atoms with Gasteiger partial charge in [-0.05, 0) is 18.6 Å². The van der Waals surface area contributed by atoms with Crippen LogP contribution in [0.25, 0.3) is 0 Å². The number of anilines is 1. The molecule has 6 heteroatoms. The molecule has 2 N–H and O–H groups in total. The van der Waals surface area contributed by atoms with E-state index in [1.807, 2.05) is 0 Å². The summed E-state index contributed by atoms with van der Waals surface area (Å²) >= 11 is 0. The summed E-state index contributed by atoms with van der Waals surface area (Å²) in [5.41, 5.74) is 6.13. The van der Waals surface area contributed by atoms with Gasteiger partial charge < -0.3 is 15.2 Å². The zero-order valence-electron chi connectivity index (χ0n) is 10.7. The minimum atomic E-state index is -0.423. The van der Waals surface area contributed by atoms with Gasteiger partial charge in [0.05, 0.1) is 0 Å². The van der Waals surface area contributed by atoms with Gasteiger partial charge in [0.2, 0.25) is 5.88 Å². The monoisotopic (exact) mass is 263 g/mol. The summed E-state index contributed by atoms with van der Waals surface area (Å²) in [4.78, 5) is 8.06. The summed E-state index contributed by atoms with van der Waals surface area (Å²) in [7, 11) is 1.52. The molecule has 0 amide bonds. The number of benzene rings is 1. The van der Waals surface area contributed by atoms with Crippen molar-refractivity contribution in [3.8, 4) is 11.6 Å². The zero-order valence-corrected chi connectivity index (χ0v) is 10.7. The molecule has 0 bridgehead atoms. The largest absolute Gasteiger partial charge is 0.436 e. The predicted molar refractivity (Wildman–Crippen MR) is 68.4 cm³/mol. The number of hydrogen-bond donors (Lipinski definition) is 1. The molecule has 0 unspecified atom stereocenters. The molecule has 19 heavy (non-hydrogen) atoms. The standard InChI is InChI=1S/C13H14FN3O2/c1-8-4-3-5-9(13(8)14)19-12-6-10(15)16-11(17-12)7-18-2/h3-6H,7H2,1-2H3,(H2,15,16,17). The van der Waals surface area contributed by atoms with Crippen molar-refractivity contribution in [3.63, 3.8) is 0 Å². The summed E-state index contributed by atoms with van der Waals surface area (Å²) in [6.07, 6.45) is 0. The third-order valence-corrected chi connectivity index (χ3v) is 2.41. The Labute approximate surface area is 110 Å². The Bertz CT molecular complexity index is 590. The summed E-state index contributed by atoms with van der Waals surface area (Å²) < 4.78 is 24.1. The molecule has 1 aromatic heterocycles. The van der Waals surface area contributed by atoms with Gasteiger partial charge in [-0.15, -0.1) is 0 Å². The van der Waals surface area contributed by atoms with Crippen molar-refractivity contribution in [1.29, 1.82) is 0 Å². The molecule has 1 aromatic carbocycles. The molecule has 100 valence electrons. The molecule has 0 atom stereocenters. The van der Waals surface area contributed by atoms with Crippen LogP contribution >= 0.6 is 0 Å². The number of halogens is 1. The summed E-state index contributed by atoms with van der Waals surface area (Å²) in [5.74, 6) is 0.481. The second-order valence-electron chi connectivity index (χ2n) is 3.97. The lowest BCUT2D eigenvalue weighted by Gasteiger charge is -2.09. The lowest BCUT2D eigenvalue weighted by atomic mass is 10.2. The van der Waals surface area contributed by atoms with Crippen molar-refractivity contribution >= 4 is 5.82 Å². The molecule has 0 aliphatic heterocycles. The SMILES string of the molecule is COCc1nc(N)cc(Oc2cccc(C)c2F)n1. The molecular weight excluding hydrogens is 249 g/mol. The van der Waals surface area contributed by atoms with Crippen molar-refractivity contribution in [3.05, 3.63) is 41.5 Å². The Morgan fingerprint density at radius 3 is 2.84 bits per heavy atom. The van der Waals surface area contributed by atoms with Crippen LogP contribution in [0.3, 0.4) is 0 Å². The summed E-state index contributed by atoms with van der Waals surface area (Å²) in [6.45, 7) is 1.87. The number of ether oxygens (including phenoxy) is 2. The summed E-state index contributed by atoms with van der Waals surface area (Å²) in [5, 5.41) is 0. The second kappa shape index (κ2) is 5.62. The number of methoxy groups -OCH3 is 1. The molecule has 0 saturated carbocycles. The predicted octanol–water partition coefficient (Wildman–Crippen LogP) is 2.45. The fourth-order valence-electron chi connectivity index (χ4n) is 1.55. The van der Waals surface area contributed by atoms with E-state index >= 15 is 0 Å². The molecule has 1 heterocycles. The van der Waals surface area contributed by atoms with E-state index in [1.54, 1.807) is 19.1 Å². The molecular formula is C13H14FN3O2. The highest BCUT2D eigenvalue weighted by atomic mass is 19.1. The molecule has 0 fully saturated rings. The Balaban J connectivity index is 2.30. The third-order valence-electron chi connectivity index (χ3n) is 2.41. The van der Waals surface area contributed by atoms with Crippen molar-refractivity contribution in [1.82, 2.24) is 9.97 Å². The number of hydrogen-bond acceptors (Lipinski definition) is 5. The number of nitrogens with two attached hydrogens (primary N) is 1. The number of aryl methyl sites for hydroxylation is 1. The Morgan fingerprint density at radius 2 is 2.11 bits per heavy atom. The van der Waals surface area contributed by atoms with Gasteiger partial charge in [-0.25, -0.2) is 9.37 Å². The topological polar surface area (TPSA) is 70.3 Å². The average Bonchev–Trinajstić information content (AvgIpc) is 2.35. The molecule has 0 radical (unpaired) electrons. The molecule has 0 aliphatic rings. The minimum Gasteiger partial charge on any atom is -0.436 e. The smallest absolute Gasteiger partial charge is 0.224 e. The summed E-state index contributed by atoms with van der Waals surface area (Å²) in [6, 6.07) is 6.32. The van der Waals surface area contributed by atoms with Crippen LogP contribution in [0.5, 0.6) is 11.6 Å². The first-order chi connectivity index (χ1) is 9.10. The maximum atomic E-state index is 13.8. The maximum Gasteiger partial charge on any atom is 0.224 e. The molecule has 2 aromatic rings. The van der Waals surface area contributed by atoms with Gasteiger partial charge in [0.25, 0.3) is 0 Å². The van der Waals surface area contributed by atoms with Crippen molar-refractivity contribution in [2.45, 2.75) is 13.5 Å². The van der Waals surface area contributed by atoms with Crippen molar-refractivity contribution in [2.75, 3.05) is 12.8 Å². The highest BCUT2D eigenvalue weighted by molar-refractivity contribution is 5.37. The normalized spacial score (nSPS) is 10.5. The third kappa shape index (κ3) is 3.17. The highest BCUT2D eigenvalue weighted by Gasteiger charge is 2.09. The molecule has 0 saturated heterocycles. The zero-order chi connectivity index (χ0) is 13.8. The van der Waals surface area contributed by atoms with Crippen LogP contribution in [0.4, 0.5) is 10.2 Å². The van der Waals surface area contributed by atoms with E-state index in [2.05, 4.69) is 9.97 Å². The van der Waals surface area contributed by atoms with Gasteiger partial charge in [-0.1, -0.05) is 12.1 Å². The second-order valence-corrected chi connectivity index (χ2v) is 3.97. The van der Waals surface area contributed by atoms with Gasteiger partial charge in [0, 0.05) is 13.2 Å². The number of nitrogens with zero attached hydrogens (tertiary/aromatic N) is 2. The van der Waals surface area contributed by atoms with Crippen LogP contribution in [-0.4, -0.2) is 17.1 Å². The first kappa shape index (κ1) is 13.2. The maximum absolute atomic E-state index is 13.8. The first-order valence-corrected chi connectivity index (χ1v) is 5.65. The van der Waals surface area contributed by atoms with Crippen LogP contribution in [0.15, 0.2) is 24.3 Å². The average molecular weight is 263 g/mol. The van der Waals surface area contributed by atoms with E-state index in [4.69, 9.17) is 15.2 Å².